The summed E-state index contributed by atoms with van der Waals surface area (Å²) in [5, 5.41) is 4.37. The van der Waals surface area contributed by atoms with Crippen molar-refractivity contribution in [2.24, 2.45) is 5.92 Å². The van der Waals surface area contributed by atoms with Gasteiger partial charge in [0.25, 0.3) is 5.91 Å². The topological polar surface area (TPSA) is 29.1 Å². The zero-order chi connectivity index (χ0) is 14.8. The molecule has 0 spiro atoms. The molecule has 1 saturated carbocycles. The van der Waals surface area contributed by atoms with Gasteiger partial charge in [0.2, 0.25) is 0 Å². The van der Waals surface area contributed by atoms with Crippen LogP contribution in [0.5, 0.6) is 0 Å². The highest BCUT2D eigenvalue weighted by molar-refractivity contribution is 7.98. The summed E-state index contributed by atoms with van der Waals surface area (Å²) in [5.74, 6) is -1.80. The number of rotatable bonds is 3. The first-order chi connectivity index (χ1) is 9.43. The number of amides is 1. The molecule has 0 aliphatic heterocycles. The Hall–Kier alpha value is -0.690. The van der Waals surface area contributed by atoms with E-state index in [1.54, 1.807) is 5.38 Å². The largest absolute Gasteiger partial charge is 0.393 e. The molecule has 1 heterocycles. The van der Waals surface area contributed by atoms with E-state index in [1.807, 2.05) is 12.3 Å². The minimum absolute atomic E-state index is 0.105. The van der Waals surface area contributed by atoms with E-state index in [-0.39, 0.29) is 12.3 Å². The van der Waals surface area contributed by atoms with Gasteiger partial charge >= 0.3 is 6.18 Å². The second kappa shape index (κ2) is 6.39. The molecule has 1 aliphatic rings. The van der Waals surface area contributed by atoms with Crippen LogP contribution in [0, 0.1) is 5.92 Å². The Bertz CT molecular complexity index is 472. The molecule has 0 saturated heterocycles. The number of carbonyl (C=O) groups is 1. The number of hydrogen-bond donors (Lipinski definition) is 1. The molecule has 1 aromatic heterocycles. The first kappa shape index (κ1) is 15.7. The van der Waals surface area contributed by atoms with Gasteiger partial charge < -0.3 is 5.32 Å². The van der Waals surface area contributed by atoms with Crippen molar-refractivity contribution in [1.29, 1.82) is 0 Å². The van der Waals surface area contributed by atoms with Gasteiger partial charge in [-0.05, 0) is 30.5 Å². The predicted octanol–water partition coefficient (Wildman–Crippen LogP) is 4.32. The van der Waals surface area contributed by atoms with Crippen molar-refractivity contribution < 1.29 is 18.0 Å². The van der Waals surface area contributed by atoms with Gasteiger partial charge in [-0.15, -0.1) is 23.1 Å². The molecule has 0 aromatic carbocycles. The van der Waals surface area contributed by atoms with Gasteiger partial charge in [0, 0.05) is 10.9 Å². The van der Waals surface area contributed by atoms with Crippen LogP contribution in [-0.2, 0) is 0 Å². The maximum absolute atomic E-state index is 13.0. The lowest BCUT2D eigenvalue weighted by atomic mass is 9.84. The number of thioether (sulfide) groups is 1. The summed E-state index contributed by atoms with van der Waals surface area (Å²) in [4.78, 5) is 13.5. The highest BCUT2D eigenvalue weighted by Crippen LogP contribution is 2.38. The van der Waals surface area contributed by atoms with Crippen molar-refractivity contribution in [3.8, 4) is 0 Å². The highest BCUT2D eigenvalue weighted by atomic mass is 32.2. The van der Waals surface area contributed by atoms with Gasteiger partial charge in [0.1, 0.15) is 4.88 Å². The number of halogens is 3. The maximum atomic E-state index is 13.0. The smallest absolute Gasteiger partial charge is 0.348 e. The molecule has 1 N–H and O–H groups in total. The summed E-state index contributed by atoms with van der Waals surface area (Å²) in [5.41, 5.74) is 0. The molecule has 0 bridgehead atoms. The molecular formula is C13H16F3NOS2. The Labute approximate surface area is 124 Å². The fraction of sp³-hybridized carbons (Fsp3) is 0.615. The van der Waals surface area contributed by atoms with Crippen molar-refractivity contribution in [2.75, 3.05) is 6.26 Å². The first-order valence-electron chi connectivity index (χ1n) is 6.42. The third kappa shape index (κ3) is 3.49. The van der Waals surface area contributed by atoms with E-state index < -0.39 is 18.1 Å². The molecule has 20 heavy (non-hydrogen) atoms. The van der Waals surface area contributed by atoms with Crippen LogP contribution >= 0.6 is 23.1 Å². The van der Waals surface area contributed by atoms with Crippen LogP contribution in [0.15, 0.2) is 16.3 Å². The zero-order valence-corrected chi connectivity index (χ0v) is 12.6. The van der Waals surface area contributed by atoms with Crippen LogP contribution < -0.4 is 5.32 Å². The van der Waals surface area contributed by atoms with Gasteiger partial charge in [-0.25, -0.2) is 0 Å². The van der Waals surface area contributed by atoms with Crippen molar-refractivity contribution in [3.63, 3.8) is 0 Å². The lowest BCUT2D eigenvalue weighted by molar-refractivity contribution is -0.187. The second-order valence-electron chi connectivity index (χ2n) is 4.83. The number of carbonyl (C=O) groups excluding carboxylic acids is 1. The second-order valence-corrected chi connectivity index (χ2v) is 6.59. The monoisotopic (exact) mass is 323 g/mol. The molecule has 1 aliphatic carbocycles. The van der Waals surface area contributed by atoms with Crippen molar-refractivity contribution in [3.05, 3.63) is 16.3 Å². The van der Waals surface area contributed by atoms with Crippen LogP contribution in [-0.4, -0.2) is 24.4 Å². The van der Waals surface area contributed by atoms with E-state index in [9.17, 15) is 18.0 Å². The molecule has 0 radical (unpaired) electrons. The summed E-state index contributed by atoms with van der Waals surface area (Å²) >= 11 is 2.69. The van der Waals surface area contributed by atoms with Crippen LogP contribution in [0.2, 0.25) is 0 Å². The summed E-state index contributed by atoms with van der Waals surface area (Å²) in [7, 11) is 0. The summed E-state index contributed by atoms with van der Waals surface area (Å²) in [6, 6.07) is 1.01. The van der Waals surface area contributed by atoms with E-state index in [1.165, 1.54) is 23.1 Å². The van der Waals surface area contributed by atoms with E-state index >= 15 is 0 Å². The summed E-state index contributed by atoms with van der Waals surface area (Å²) in [6.07, 6.45) is -0.582. The fourth-order valence-corrected chi connectivity index (χ4v) is 4.21. The standard InChI is InChI=1S/C13H16F3NOS2/c1-19-10-6-7-20-11(10)12(18)17-9-5-3-2-4-8(9)13(14,15)16/h6-9H,2-5H2,1H3,(H,17,18)/t8-,9-/m1/s1. The third-order valence-electron chi connectivity index (χ3n) is 3.56. The predicted molar refractivity (Wildman–Crippen MR) is 75.4 cm³/mol. The summed E-state index contributed by atoms with van der Waals surface area (Å²) in [6.45, 7) is 0. The lowest BCUT2D eigenvalue weighted by Crippen LogP contribution is -2.47. The van der Waals surface area contributed by atoms with Crippen LogP contribution in [0.25, 0.3) is 0 Å². The molecular weight excluding hydrogens is 307 g/mol. The Balaban J connectivity index is 2.09. The van der Waals surface area contributed by atoms with Gasteiger partial charge in [-0.2, -0.15) is 13.2 Å². The fourth-order valence-electron chi connectivity index (χ4n) is 2.55. The highest BCUT2D eigenvalue weighted by Gasteiger charge is 2.46. The Kier molecular flexibility index (Phi) is 5.01. The number of hydrogen-bond acceptors (Lipinski definition) is 3. The molecule has 2 nitrogen and oxygen atoms in total. The van der Waals surface area contributed by atoms with Gasteiger partial charge in [0.05, 0.1) is 5.92 Å². The van der Waals surface area contributed by atoms with Crippen molar-refractivity contribution in [2.45, 2.75) is 42.8 Å². The van der Waals surface area contributed by atoms with Crippen LogP contribution in [0.4, 0.5) is 13.2 Å². The third-order valence-corrected chi connectivity index (χ3v) is 5.38. The molecule has 2 rings (SSSR count). The van der Waals surface area contributed by atoms with E-state index in [0.717, 1.165) is 11.3 Å². The molecule has 1 aromatic rings. The average Bonchev–Trinajstić information content (AvgIpc) is 2.86. The first-order valence-corrected chi connectivity index (χ1v) is 8.53. The molecule has 7 heteroatoms. The maximum Gasteiger partial charge on any atom is 0.393 e. The van der Waals surface area contributed by atoms with E-state index in [0.29, 0.717) is 17.7 Å². The minimum atomic E-state index is -4.24. The number of alkyl halides is 3. The van der Waals surface area contributed by atoms with Crippen molar-refractivity contribution in [1.82, 2.24) is 5.32 Å². The Morgan fingerprint density at radius 2 is 2.10 bits per heavy atom. The zero-order valence-electron chi connectivity index (χ0n) is 11.0. The number of nitrogens with one attached hydrogen (secondary N) is 1. The minimum Gasteiger partial charge on any atom is -0.348 e. The van der Waals surface area contributed by atoms with E-state index in [2.05, 4.69) is 5.32 Å². The van der Waals surface area contributed by atoms with Gasteiger partial charge in [-0.3, -0.25) is 4.79 Å². The van der Waals surface area contributed by atoms with Gasteiger partial charge in [0.15, 0.2) is 0 Å². The van der Waals surface area contributed by atoms with Crippen LogP contribution in [0.3, 0.4) is 0 Å². The molecule has 1 amide bonds. The molecule has 0 unspecified atom stereocenters. The lowest BCUT2D eigenvalue weighted by Gasteiger charge is -2.33. The molecule has 2 atom stereocenters. The van der Waals surface area contributed by atoms with E-state index in [4.69, 9.17) is 0 Å². The Morgan fingerprint density at radius 1 is 1.40 bits per heavy atom. The normalized spacial score (nSPS) is 23.6. The average molecular weight is 323 g/mol. The van der Waals surface area contributed by atoms with Crippen molar-refractivity contribution >= 4 is 29.0 Å². The number of thiophene rings is 1. The van der Waals surface area contributed by atoms with Crippen LogP contribution in [0.1, 0.15) is 35.4 Å². The Morgan fingerprint density at radius 3 is 2.75 bits per heavy atom. The quantitative estimate of drug-likeness (QED) is 0.839. The SMILES string of the molecule is CSc1ccsc1C(=O)N[C@@H]1CCCC[C@H]1C(F)(F)F. The van der Waals surface area contributed by atoms with Gasteiger partial charge in [-0.1, -0.05) is 12.8 Å². The molecule has 1 fully saturated rings. The molecule has 112 valence electrons. The summed E-state index contributed by atoms with van der Waals surface area (Å²) < 4.78 is 38.9.